The Labute approximate surface area is 206 Å². The fourth-order valence-electron chi connectivity index (χ4n) is 4.49. The number of aromatic nitrogens is 5. The van der Waals surface area contributed by atoms with Crippen LogP contribution in [0.15, 0.2) is 63.5 Å². The van der Waals surface area contributed by atoms with E-state index < -0.39 is 33.2 Å². The number of benzene rings is 1. The number of sulfone groups is 1. The van der Waals surface area contributed by atoms with Crippen LogP contribution in [0.1, 0.15) is 29.5 Å². The molecular weight excluding hydrogens is 485 g/mol. The minimum absolute atomic E-state index is 0.0184. The van der Waals surface area contributed by atoms with E-state index in [1.54, 1.807) is 36.5 Å². The minimum Gasteiger partial charge on any atom is -0.289 e. The first kappa shape index (κ1) is 24.1. The summed E-state index contributed by atoms with van der Waals surface area (Å²) in [6.07, 6.45) is 7.67. The van der Waals surface area contributed by atoms with E-state index in [9.17, 15) is 22.4 Å². The number of pyridine rings is 1. The Morgan fingerprint density at radius 3 is 2.42 bits per heavy atom. The van der Waals surface area contributed by atoms with Gasteiger partial charge in [-0.05, 0) is 49.1 Å². The topological polar surface area (TPSA) is 109 Å². The summed E-state index contributed by atoms with van der Waals surface area (Å²) in [6.45, 7) is 1.33. The van der Waals surface area contributed by atoms with Gasteiger partial charge in [0.1, 0.15) is 0 Å². The summed E-state index contributed by atoms with van der Waals surface area (Å²) >= 11 is 0. The number of halogens is 1. The number of hydrogen-bond acceptors (Lipinski definition) is 6. The molecule has 0 saturated heterocycles. The van der Waals surface area contributed by atoms with Crippen LogP contribution in [0.3, 0.4) is 0 Å². The van der Waals surface area contributed by atoms with Crippen LogP contribution in [0.25, 0.3) is 10.9 Å². The minimum atomic E-state index is -3.83. The van der Waals surface area contributed by atoms with Crippen molar-refractivity contribution < 1.29 is 12.8 Å². The fraction of sp³-hybridized carbons (Fsp3) is 0.360. The molecule has 0 N–H and O–H groups in total. The predicted molar refractivity (Wildman–Crippen MR) is 133 cm³/mol. The molecule has 3 aromatic heterocycles. The highest BCUT2D eigenvalue weighted by Crippen LogP contribution is 2.47. The molecule has 3 heterocycles. The maximum absolute atomic E-state index is 13.5. The second kappa shape index (κ2) is 8.81. The molecule has 5 rings (SSSR count). The monoisotopic (exact) mass is 511 g/mol. The first-order valence-corrected chi connectivity index (χ1v) is 13.2. The molecule has 0 spiro atoms. The van der Waals surface area contributed by atoms with E-state index >= 15 is 0 Å². The molecule has 0 atom stereocenters. The predicted octanol–water partition coefficient (Wildman–Crippen LogP) is 2.22. The highest BCUT2D eigenvalue weighted by Gasteiger charge is 2.46. The van der Waals surface area contributed by atoms with Gasteiger partial charge in [0.15, 0.2) is 9.84 Å². The van der Waals surface area contributed by atoms with Crippen molar-refractivity contribution in [2.45, 2.75) is 37.8 Å². The summed E-state index contributed by atoms with van der Waals surface area (Å²) in [5.41, 5.74) is 0.709. The molecule has 11 heteroatoms. The van der Waals surface area contributed by atoms with Gasteiger partial charge in [-0.2, -0.15) is 5.10 Å². The van der Waals surface area contributed by atoms with E-state index in [1.165, 1.54) is 22.8 Å². The molecule has 0 aliphatic heterocycles. The number of rotatable bonds is 8. The van der Waals surface area contributed by atoms with Crippen LogP contribution < -0.4 is 11.2 Å². The Hall–Kier alpha value is -3.60. The van der Waals surface area contributed by atoms with Gasteiger partial charge in [0, 0.05) is 36.6 Å². The molecule has 0 bridgehead atoms. The summed E-state index contributed by atoms with van der Waals surface area (Å²) < 4.78 is 43.7. The average Bonchev–Trinajstić information content (AvgIpc) is 3.49. The third kappa shape index (κ3) is 4.50. The first-order valence-electron chi connectivity index (χ1n) is 11.5. The second-order valence-electron chi connectivity index (χ2n) is 9.72. The van der Waals surface area contributed by atoms with E-state index in [4.69, 9.17) is 0 Å². The maximum atomic E-state index is 13.5. The molecule has 1 aromatic carbocycles. The SMILES string of the molecule is Cc1cncc(Cn2c(=O)n(Cc3cnn(C)c3)c(=O)c3cc(S(=O)(=O)CC4(CF)CC4)ccc32)c1. The number of alkyl halides is 1. The molecule has 1 saturated carbocycles. The van der Waals surface area contributed by atoms with Crippen LogP contribution in [0, 0.1) is 12.3 Å². The van der Waals surface area contributed by atoms with Crippen LogP contribution in [0.2, 0.25) is 0 Å². The van der Waals surface area contributed by atoms with E-state index in [2.05, 4.69) is 10.1 Å². The van der Waals surface area contributed by atoms with Crippen molar-refractivity contribution >= 4 is 20.7 Å². The summed E-state index contributed by atoms with van der Waals surface area (Å²) in [5, 5.41) is 4.21. The van der Waals surface area contributed by atoms with Crippen molar-refractivity contribution in [1.82, 2.24) is 23.9 Å². The lowest BCUT2D eigenvalue weighted by atomic mass is 10.2. The molecule has 9 nitrogen and oxygen atoms in total. The molecular formula is C25H26FN5O4S. The smallest absolute Gasteiger partial charge is 0.289 e. The van der Waals surface area contributed by atoms with Crippen molar-refractivity contribution in [2.24, 2.45) is 12.5 Å². The Kier molecular flexibility index (Phi) is 5.90. The van der Waals surface area contributed by atoms with Crippen LogP contribution in [0.4, 0.5) is 4.39 Å². The fourth-order valence-corrected chi connectivity index (χ4v) is 6.40. The summed E-state index contributed by atoms with van der Waals surface area (Å²) in [7, 11) is -2.10. The van der Waals surface area contributed by atoms with Crippen molar-refractivity contribution in [3.05, 3.63) is 86.6 Å². The van der Waals surface area contributed by atoms with Crippen LogP contribution in [-0.4, -0.2) is 44.7 Å². The van der Waals surface area contributed by atoms with Gasteiger partial charge in [0.05, 0.1) is 47.5 Å². The Balaban J connectivity index is 1.68. The highest BCUT2D eigenvalue weighted by atomic mass is 32.2. The van der Waals surface area contributed by atoms with E-state index in [0.29, 0.717) is 23.9 Å². The number of hydrogen-bond donors (Lipinski definition) is 0. The zero-order valence-corrected chi connectivity index (χ0v) is 20.8. The lowest BCUT2D eigenvalue weighted by Crippen LogP contribution is -2.40. The number of aryl methyl sites for hydroxylation is 2. The van der Waals surface area contributed by atoms with Gasteiger partial charge in [-0.3, -0.25) is 28.0 Å². The molecule has 0 amide bonds. The lowest BCUT2D eigenvalue weighted by Gasteiger charge is -2.16. The third-order valence-electron chi connectivity index (χ3n) is 6.66. The van der Waals surface area contributed by atoms with Crippen molar-refractivity contribution in [2.75, 3.05) is 12.4 Å². The molecule has 1 aliphatic carbocycles. The van der Waals surface area contributed by atoms with Gasteiger partial charge in [0.25, 0.3) is 5.56 Å². The average molecular weight is 512 g/mol. The van der Waals surface area contributed by atoms with Crippen molar-refractivity contribution in [3.8, 4) is 0 Å². The van der Waals surface area contributed by atoms with Gasteiger partial charge >= 0.3 is 5.69 Å². The summed E-state index contributed by atoms with van der Waals surface area (Å²) in [6, 6.07) is 6.08. The van der Waals surface area contributed by atoms with Crippen molar-refractivity contribution in [1.29, 1.82) is 0 Å². The standard InChI is InChI=1S/C25H26FN5O4S/c1-17-7-18(10-27-9-17)13-30-22-4-3-20(36(34,35)16-25(15-26)5-6-25)8-21(22)23(32)31(24(30)33)14-19-11-28-29(2)12-19/h3-4,7-12H,5-6,13-16H2,1-2H3. The molecule has 4 aromatic rings. The maximum Gasteiger partial charge on any atom is 0.332 e. The molecule has 1 fully saturated rings. The van der Waals surface area contributed by atoms with Crippen LogP contribution in [0.5, 0.6) is 0 Å². The normalized spacial score (nSPS) is 14.9. The lowest BCUT2D eigenvalue weighted by molar-refractivity contribution is 0.367. The van der Waals surface area contributed by atoms with E-state index in [0.717, 1.165) is 15.7 Å². The van der Waals surface area contributed by atoms with Crippen LogP contribution >= 0.6 is 0 Å². The third-order valence-corrected chi connectivity index (χ3v) is 8.63. The first-order chi connectivity index (χ1) is 17.1. The molecule has 0 unspecified atom stereocenters. The zero-order chi connectivity index (χ0) is 25.7. The quantitative estimate of drug-likeness (QED) is 0.359. The second-order valence-corrected chi connectivity index (χ2v) is 11.7. The van der Waals surface area contributed by atoms with Crippen molar-refractivity contribution in [3.63, 3.8) is 0 Å². The number of fused-ring (bicyclic) bond motifs is 1. The molecule has 1 aliphatic rings. The largest absolute Gasteiger partial charge is 0.332 e. The zero-order valence-electron chi connectivity index (χ0n) is 20.0. The van der Waals surface area contributed by atoms with E-state index in [-0.39, 0.29) is 29.1 Å². The molecule has 188 valence electrons. The van der Waals surface area contributed by atoms with E-state index in [1.807, 2.05) is 13.0 Å². The van der Waals surface area contributed by atoms with Crippen LogP contribution in [-0.2, 0) is 30.0 Å². The molecule has 36 heavy (non-hydrogen) atoms. The number of nitrogens with zero attached hydrogens (tertiary/aromatic N) is 5. The summed E-state index contributed by atoms with van der Waals surface area (Å²) in [5.74, 6) is -0.305. The van der Waals surface area contributed by atoms with Gasteiger partial charge in [-0.15, -0.1) is 0 Å². The summed E-state index contributed by atoms with van der Waals surface area (Å²) in [4.78, 5) is 31.2. The van der Waals surface area contributed by atoms with Gasteiger partial charge in [0.2, 0.25) is 0 Å². The van der Waals surface area contributed by atoms with Gasteiger partial charge < -0.3 is 0 Å². The Bertz CT molecular complexity index is 1700. The van der Waals surface area contributed by atoms with Gasteiger partial charge in [-0.25, -0.2) is 13.2 Å². The Morgan fingerprint density at radius 2 is 1.78 bits per heavy atom. The van der Waals surface area contributed by atoms with Gasteiger partial charge in [-0.1, -0.05) is 6.07 Å². The molecule has 0 radical (unpaired) electrons. The Morgan fingerprint density at radius 1 is 1.03 bits per heavy atom. The highest BCUT2D eigenvalue weighted by molar-refractivity contribution is 7.91.